The van der Waals surface area contributed by atoms with E-state index in [4.69, 9.17) is 0 Å². The van der Waals surface area contributed by atoms with Crippen molar-refractivity contribution in [2.75, 3.05) is 6.54 Å². The minimum absolute atomic E-state index is 0.637. The topological polar surface area (TPSA) is 43.7 Å². The number of rotatable bonds is 4. The van der Waals surface area contributed by atoms with E-state index in [9.17, 15) is 10.0 Å². The minimum atomic E-state index is -1.37. The van der Waals surface area contributed by atoms with Gasteiger partial charge in [0.1, 0.15) is 0 Å². The molecular weight excluding hydrogens is 225 g/mol. The first-order valence-corrected chi connectivity index (χ1v) is 6.90. The van der Waals surface area contributed by atoms with E-state index in [-0.39, 0.29) is 0 Å². The van der Waals surface area contributed by atoms with Gasteiger partial charge in [-0.25, -0.2) is 0 Å². The summed E-state index contributed by atoms with van der Waals surface area (Å²) in [6.07, 6.45) is 5.00. The maximum atomic E-state index is 9.39. The number of nitrogens with zero attached hydrogens (tertiary/aromatic N) is 1. The molecule has 4 heteroatoms. The molecule has 1 unspecified atom stereocenters. The molecule has 3 nitrogen and oxygen atoms in total. The standard InChI is InChI=1S/C14H22BNO2/c1-2-13-8-5-6-10-16(13)11-12-7-3-4-9-14(12)15(17)18/h3-4,7,9,13,17-18H,2,5-6,8,10-11H2,1H3. The summed E-state index contributed by atoms with van der Waals surface area (Å²) in [5.74, 6) is 0. The van der Waals surface area contributed by atoms with Crippen LogP contribution in [0.1, 0.15) is 38.2 Å². The van der Waals surface area contributed by atoms with E-state index in [1.807, 2.05) is 18.2 Å². The van der Waals surface area contributed by atoms with Crippen LogP contribution in [0.2, 0.25) is 0 Å². The zero-order valence-electron chi connectivity index (χ0n) is 11.0. The highest BCUT2D eigenvalue weighted by Crippen LogP contribution is 2.21. The summed E-state index contributed by atoms with van der Waals surface area (Å²) in [5.41, 5.74) is 1.67. The number of hydrogen-bond acceptors (Lipinski definition) is 3. The van der Waals surface area contributed by atoms with E-state index in [2.05, 4.69) is 11.8 Å². The predicted octanol–water partition coefficient (Wildman–Crippen LogP) is 1.13. The minimum Gasteiger partial charge on any atom is -0.423 e. The fraction of sp³-hybridized carbons (Fsp3) is 0.571. The molecule has 1 heterocycles. The van der Waals surface area contributed by atoms with E-state index in [1.54, 1.807) is 6.07 Å². The third-order valence-electron chi connectivity index (χ3n) is 3.93. The van der Waals surface area contributed by atoms with Gasteiger partial charge < -0.3 is 10.0 Å². The molecule has 1 aliphatic heterocycles. The highest BCUT2D eigenvalue weighted by atomic mass is 16.4. The molecule has 0 bridgehead atoms. The number of piperidine rings is 1. The summed E-state index contributed by atoms with van der Waals surface area (Å²) in [6.45, 7) is 4.18. The van der Waals surface area contributed by atoms with Gasteiger partial charge in [-0.15, -0.1) is 0 Å². The summed E-state index contributed by atoms with van der Waals surface area (Å²) in [6, 6.07) is 8.25. The fourth-order valence-corrected chi connectivity index (χ4v) is 2.88. The van der Waals surface area contributed by atoms with Crippen LogP contribution in [0.5, 0.6) is 0 Å². The van der Waals surface area contributed by atoms with Crippen LogP contribution in [-0.2, 0) is 6.54 Å². The Labute approximate surface area is 110 Å². The van der Waals surface area contributed by atoms with Crippen molar-refractivity contribution < 1.29 is 10.0 Å². The molecule has 1 aromatic rings. The maximum absolute atomic E-state index is 9.39. The second-order valence-corrected chi connectivity index (χ2v) is 5.10. The maximum Gasteiger partial charge on any atom is 0.488 e. The van der Waals surface area contributed by atoms with Crippen LogP contribution >= 0.6 is 0 Å². The van der Waals surface area contributed by atoms with Gasteiger partial charge >= 0.3 is 7.12 Å². The van der Waals surface area contributed by atoms with Crippen molar-refractivity contribution in [3.63, 3.8) is 0 Å². The van der Waals surface area contributed by atoms with Gasteiger partial charge in [-0.2, -0.15) is 0 Å². The summed E-state index contributed by atoms with van der Waals surface area (Å²) >= 11 is 0. The molecule has 1 atom stereocenters. The highest BCUT2D eigenvalue weighted by molar-refractivity contribution is 6.59. The normalized spacial score (nSPS) is 20.9. The zero-order chi connectivity index (χ0) is 13.0. The van der Waals surface area contributed by atoms with E-state index < -0.39 is 7.12 Å². The monoisotopic (exact) mass is 247 g/mol. The molecule has 1 fully saturated rings. The molecule has 2 rings (SSSR count). The van der Waals surface area contributed by atoms with Crippen molar-refractivity contribution in [2.45, 2.75) is 45.2 Å². The smallest absolute Gasteiger partial charge is 0.423 e. The molecule has 0 saturated carbocycles. The van der Waals surface area contributed by atoms with E-state index in [1.165, 1.54) is 25.7 Å². The zero-order valence-corrected chi connectivity index (χ0v) is 11.0. The van der Waals surface area contributed by atoms with Crippen LogP contribution in [0.4, 0.5) is 0 Å². The Morgan fingerprint density at radius 2 is 2.06 bits per heavy atom. The largest absolute Gasteiger partial charge is 0.488 e. The lowest BCUT2D eigenvalue weighted by molar-refractivity contribution is 0.136. The van der Waals surface area contributed by atoms with Crippen molar-refractivity contribution in [3.8, 4) is 0 Å². The Morgan fingerprint density at radius 3 is 2.78 bits per heavy atom. The van der Waals surface area contributed by atoms with Crippen LogP contribution in [0.15, 0.2) is 24.3 Å². The molecule has 1 aliphatic rings. The van der Waals surface area contributed by atoms with E-state index in [0.717, 1.165) is 18.7 Å². The summed E-state index contributed by atoms with van der Waals surface area (Å²) < 4.78 is 0. The SMILES string of the molecule is CCC1CCCCN1Cc1ccccc1B(O)O. The molecule has 1 saturated heterocycles. The Hall–Kier alpha value is -0.835. The van der Waals surface area contributed by atoms with Crippen LogP contribution in [0.3, 0.4) is 0 Å². The molecule has 0 amide bonds. The van der Waals surface area contributed by atoms with Gasteiger partial charge in [0, 0.05) is 12.6 Å². The number of hydrogen-bond donors (Lipinski definition) is 2. The van der Waals surface area contributed by atoms with Gasteiger partial charge in [-0.1, -0.05) is 37.6 Å². The molecule has 0 radical (unpaired) electrons. The first-order chi connectivity index (χ1) is 8.72. The van der Waals surface area contributed by atoms with Gasteiger partial charge in [0.05, 0.1) is 0 Å². The van der Waals surface area contributed by atoms with Gasteiger partial charge in [0.2, 0.25) is 0 Å². The van der Waals surface area contributed by atoms with Gasteiger partial charge in [0.15, 0.2) is 0 Å². The summed E-state index contributed by atoms with van der Waals surface area (Å²) in [4.78, 5) is 2.48. The van der Waals surface area contributed by atoms with Crippen molar-refractivity contribution in [1.29, 1.82) is 0 Å². The van der Waals surface area contributed by atoms with Crippen molar-refractivity contribution in [3.05, 3.63) is 29.8 Å². The van der Waals surface area contributed by atoms with Crippen LogP contribution in [-0.4, -0.2) is 34.7 Å². The molecule has 98 valence electrons. The first kappa shape index (κ1) is 13.6. The lowest BCUT2D eigenvalue weighted by Gasteiger charge is -2.35. The van der Waals surface area contributed by atoms with E-state index >= 15 is 0 Å². The predicted molar refractivity (Wildman–Crippen MR) is 74.6 cm³/mol. The number of likely N-dealkylation sites (tertiary alicyclic amines) is 1. The second kappa shape index (κ2) is 6.37. The average molecular weight is 247 g/mol. The van der Waals surface area contributed by atoms with Crippen molar-refractivity contribution >= 4 is 12.6 Å². The molecule has 2 N–H and O–H groups in total. The second-order valence-electron chi connectivity index (χ2n) is 5.10. The molecule has 0 aromatic heterocycles. The first-order valence-electron chi connectivity index (χ1n) is 6.90. The molecule has 18 heavy (non-hydrogen) atoms. The average Bonchev–Trinajstić information content (AvgIpc) is 2.40. The highest BCUT2D eigenvalue weighted by Gasteiger charge is 2.23. The molecular formula is C14H22BNO2. The Balaban J connectivity index is 2.12. The lowest BCUT2D eigenvalue weighted by Crippen LogP contribution is -2.41. The van der Waals surface area contributed by atoms with Crippen LogP contribution in [0, 0.1) is 0 Å². The molecule has 0 aliphatic carbocycles. The lowest BCUT2D eigenvalue weighted by atomic mass is 9.77. The summed E-state index contributed by atoms with van der Waals surface area (Å²) in [7, 11) is -1.37. The summed E-state index contributed by atoms with van der Waals surface area (Å²) in [5, 5.41) is 18.8. The van der Waals surface area contributed by atoms with Crippen molar-refractivity contribution in [2.24, 2.45) is 0 Å². The fourth-order valence-electron chi connectivity index (χ4n) is 2.88. The Kier molecular flexibility index (Phi) is 4.81. The van der Waals surface area contributed by atoms with Crippen LogP contribution in [0.25, 0.3) is 0 Å². The molecule has 0 spiro atoms. The third-order valence-corrected chi connectivity index (χ3v) is 3.93. The van der Waals surface area contributed by atoms with Gasteiger partial charge in [0.25, 0.3) is 0 Å². The quantitative estimate of drug-likeness (QED) is 0.784. The van der Waals surface area contributed by atoms with Gasteiger partial charge in [-0.05, 0) is 36.8 Å². The Morgan fingerprint density at radius 1 is 1.28 bits per heavy atom. The van der Waals surface area contributed by atoms with Crippen molar-refractivity contribution in [1.82, 2.24) is 4.90 Å². The van der Waals surface area contributed by atoms with Gasteiger partial charge in [-0.3, -0.25) is 4.90 Å². The Bertz CT molecular complexity index is 384. The van der Waals surface area contributed by atoms with Crippen LogP contribution < -0.4 is 5.46 Å². The number of benzene rings is 1. The molecule has 1 aromatic carbocycles. The third kappa shape index (κ3) is 3.13. The van der Waals surface area contributed by atoms with E-state index in [0.29, 0.717) is 11.5 Å².